The average Bonchev–Trinajstić information content (AvgIpc) is 3.25. The average molecular weight is 491 g/mol. The maximum Gasteiger partial charge on any atom is 0.245 e. The molecule has 0 bridgehead atoms. The zero-order valence-corrected chi connectivity index (χ0v) is 22.2. The van der Waals surface area contributed by atoms with Crippen LogP contribution < -0.4 is 10.1 Å². The van der Waals surface area contributed by atoms with Gasteiger partial charge in [0.25, 0.3) is 0 Å². The fourth-order valence-corrected chi connectivity index (χ4v) is 4.42. The summed E-state index contributed by atoms with van der Waals surface area (Å²) in [6.45, 7) is 11.0. The third-order valence-electron chi connectivity index (χ3n) is 5.92. The topological polar surface area (TPSA) is 76.5 Å². The summed E-state index contributed by atoms with van der Waals surface area (Å²) in [6, 6.07) is 19.1. The number of nitrogens with zero attached hydrogens (tertiary/aromatic N) is 3. The highest BCUT2D eigenvalue weighted by Crippen LogP contribution is 2.27. The van der Waals surface area contributed by atoms with Crippen molar-refractivity contribution in [1.29, 1.82) is 0 Å². The standard InChI is InChI=1S/C29H38N4O3/c1-7-32(28(35)17-21(2)19-29(3,4)5)20-27(34)30-26-18-25(22-11-9-8-10-12-22)31-33(26)23-13-15-24(36-6)16-14-23/h8-16,18,21H,7,17,19-20H2,1-6H3,(H,30,34). The number of likely N-dealkylation sites (N-methyl/N-ethyl adjacent to an activating group) is 1. The van der Waals surface area contributed by atoms with Crippen LogP contribution in [0.3, 0.4) is 0 Å². The number of amides is 2. The van der Waals surface area contributed by atoms with Gasteiger partial charge in [-0.3, -0.25) is 9.59 Å². The summed E-state index contributed by atoms with van der Waals surface area (Å²) in [7, 11) is 1.62. The Labute approximate surface area is 214 Å². The second kappa shape index (κ2) is 11.9. The van der Waals surface area contributed by atoms with E-state index in [0.29, 0.717) is 18.8 Å². The lowest BCUT2D eigenvalue weighted by molar-refractivity contribution is -0.135. The highest BCUT2D eigenvalue weighted by atomic mass is 16.5. The quantitative estimate of drug-likeness (QED) is 0.390. The number of hydrogen-bond acceptors (Lipinski definition) is 4. The number of ether oxygens (including phenoxy) is 1. The highest BCUT2D eigenvalue weighted by molar-refractivity contribution is 5.94. The normalized spacial score (nSPS) is 12.2. The molecule has 36 heavy (non-hydrogen) atoms. The molecule has 0 spiro atoms. The molecule has 0 saturated heterocycles. The van der Waals surface area contributed by atoms with Gasteiger partial charge in [0.15, 0.2) is 0 Å². The van der Waals surface area contributed by atoms with Crippen LogP contribution in [0.4, 0.5) is 5.82 Å². The zero-order valence-electron chi connectivity index (χ0n) is 22.2. The maximum atomic E-state index is 13.1. The van der Waals surface area contributed by atoms with Crippen LogP contribution in [0.2, 0.25) is 0 Å². The molecule has 1 unspecified atom stereocenters. The number of carbonyl (C=O) groups is 2. The number of methoxy groups -OCH3 is 1. The number of hydrogen-bond donors (Lipinski definition) is 1. The van der Waals surface area contributed by atoms with Crippen LogP contribution in [0.25, 0.3) is 16.9 Å². The van der Waals surface area contributed by atoms with Gasteiger partial charge >= 0.3 is 0 Å². The minimum Gasteiger partial charge on any atom is -0.497 e. The zero-order chi connectivity index (χ0) is 26.3. The van der Waals surface area contributed by atoms with Crippen LogP contribution in [0.5, 0.6) is 5.75 Å². The minimum absolute atomic E-state index is 0.00182. The van der Waals surface area contributed by atoms with Gasteiger partial charge in [-0.1, -0.05) is 58.0 Å². The van der Waals surface area contributed by atoms with Crippen LogP contribution >= 0.6 is 0 Å². The van der Waals surface area contributed by atoms with E-state index in [1.807, 2.05) is 67.6 Å². The van der Waals surface area contributed by atoms with E-state index in [1.54, 1.807) is 16.7 Å². The van der Waals surface area contributed by atoms with Gasteiger partial charge < -0.3 is 15.0 Å². The Kier molecular flexibility index (Phi) is 8.91. The van der Waals surface area contributed by atoms with Crippen molar-refractivity contribution in [2.45, 2.75) is 47.5 Å². The Morgan fingerprint density at radius 3 is 2.33 bits per heavy atom. The van der Waals surface area contributed by atoms with E-state index in [9.17, 15) is 9.59 Å². The fourth-order valence-electron chi connectivity index (χ4n) is 4.42. The number of carbonyl (C=O) groups excluding carboxylic acids is 2. The van der Waals surface area contributed by atoms with Gasteiger partial charge in [-0.15, -0.1) is 0 Å². The Morgan fingerprint density at radius 2 is 1.75 bits per heavy atom. The molecule has 0 aliphatic rings. The number of anilines is 1. The Hall–Kier alpha value is -3.61. The summed E-state index contributed by atoms with van der Waals surface area (Å²) in [5.41, 5.74) is 2.62. The van der Waals surface area contributed by atoms with E-state index >= 15 is 0 Å². The Morgan fingerprint density at radius 1 is 1.08 bits per heavy atom. The van der Waals surface area contributed by atoms with E-state index < -0.39 is 0 Å². The van der Waals surface area contributed by atoms with E-state index in [0.717, 1.165) is 29.1 Å². The molecule has 0 saturated carbocycles. The monoisotopic (exact) mass is 490 g/mol. The second-order valence-electron chi connectivity index (χ2n) is 10.4. The molecule has 0 fully saturated rings. The molecule has 2 amide bonds. The predicted octanol–water partition coefficient (Wildman–Crippen LogP) is 5.80. The van der Waals surface area contributed by atoms with Gasteiger partial charge in [-0.05, 0) is 48.9 Å². The number of nitrogens with one attached hydrogen (secondary N) is 1. The first-order chi connectivity index (χ1) is 17.1. The van der Waals surface area contributed by atoms with Crippen LogP contribution in [0.15, 0.2) is 60.7 Å². The third kappa shape index (κ3) is 7.44. The molecule has 7 heteroatoms. The van der Waals surface area contributed by atoms with Crippen LogP contribution in [0.1, 0.15) is 47.5 Å². The van der Waals surface area contributed by atoms with Crippen molar-refractivity contribution in [3.8, 4) is 22.7 Å². The third-order valence-corrected chi connectivity index (χ3v) is 5.92. The van der Waals surface area contributed by atoms with E-state index in [4.69, 9.17) is 9.84 Å². The van der Waals surface area contributed by atoms with Gasteiger partial charge in [0, 0.05) is 24.6 Å². The molecule has 0 radical (unpaired) electrons. The summed E-state index contributed by atoms with van der Waals surface area (Å²) < 4.78 is 6.97. The lowest BCUT2D eigenvalue weighted by Crippen LogP contribution is -2.38. The SMILES string of the molecule is CCN(CC(=O)Nc1cc(-c2ccccc2)nn1-c1ccc(OC)cc1)C(=O)CC(C)CC(C)(C)C. The van der Waals surface area contributed by atoms with Gasteiger partial charge in [0.2, 0.25) is 11.8 Å². The van der Waals surface area contributed by atoms with Gasteiger partial charge in [0.1, 0.15) is 11.6 Å². The van der Waals surface area contributed by atoms with Crippen LogP contribution in [-0.2, 0) is 9.59 Å². The summed E-state index contributed by atoms with van der Waals surface area (Å²) in [5.74, 6) is 1.26. The van der Waals surface area contributed by atoms with Gasteiger partial charge in [-0.2, -0.15) is 5.10 Å². The van der Waals surface area contributed by atoms with Crippen molar-refractivity contribution in [3.05, 3.63) is 60.7 Å². The lowest BCUT2D eigenvalue weighted by Gasteiger charge is -2.26. The number of benzene rings is 2. The van der Waals surface area contributed by atoms with Crippen molar-refractivity contribution in [1.82, 2.24) is 14.7 Å². The molecule has 0 aliphatic carbocycles. The largest absolute Gasteiger partial charge is 0.497 e. The summed E-state index contributed by atoms with van der Waals surface area (Å²) >= 11 is 0. The maximum absolute atomic E-state index is 13.1. The predicted molar refractivity (Wildman–Crippen MR) is 144 cm³/mol. The summed E-state index contributed by atoms with van der Waals surface area (Å²) in [5, 5.41) is 7.72. The molecule has 2 aromatic carbocycles. The number of aromatic nitrogens is 2. The second-order valence-corrected chi connectivity index (χ2v) is 10.4. The van der Waals surface area contributed by atoms with Gasteiger partial charge in [0.05, 0.1) is 25.0 Å². The molecule has 7 nitrogen and oxygen atoms in total. The van der Waals surface area contributed by atoms with Crippen molar-refractivity contribution in [2.75, 3.05) is 25.5 Å². The molecular weight excluding hydrogens is 452 g/mol. The van der Waals surface area contributed by atoms with E-state index in [-0.39, 0.29) is 29.7 Å². The van der Waals surface area contributed by atoms with Crippen molar-refractivity contribution >= 4 is 17.6 Å². The molecular formula is C29H38N4O3. The van der Waals surface area contributed by atoms with E-state index in [1.165, 1.54) is 0 Å². The Bertz CT molecular complexity index is 1150. The van der Waals surface area contributed by atoms with Crippen LogP contribution in [-0.4, -0.2) is 46.7 Å². The number of rotatable bonds is 10. The smallest absolute Gasteiger partial charge is 0.245 e. The first kappa shape index (κ1) is 27.0. The highest BCUT2D eigenvalue weighted by Gasteiger charge is 2.22. The summed E-state index contributed by atoms with van der Waals surface area (Å²) in [4.78, 5) is 27.6. The van der Waals surface area contributed by atoms with E-state index in [2.05, 4.69) is 33.0 Å². The molecule has 1 heterocycles. The minimum atomic E-state index is -0.261. The molecule has 3 aromatic rings. The Balaban J connectivity index is 1.78. The first-order valence-electron chi connectivity index (χ1n) is 12.5. The molecule has 0 aliphatic heterocycles. The molecule has 192 valence electrons. The first-order valence-corrected chi connectivity index (χ1v) is 12.5. The van der Waals surface area contributed by atoms with Crippen molar-refractivity contribution in [2.24, 2.45) is 11.3 Å². The fraction of sp³-hybridized carbons (Fsp3) is 0.414. The van der Waals surface area contributed by atoms with Crippen molar-refractivity contribution in [3.63, 3.8) is 0 Å². The van der Waals surface area contributed by atoms with Crippen LogP contribution in [0, 0.1) is 11.3 Å². The van der Waals surface area contributed by atoms with Gasteiger partial charge in [-0.25, -0.2) is 4.68 Å². The lowest BCUT2D eigenvalue weighted by atomic mass is 9.84. The molecule has 1 N–H and O–H groups in total. The summed E-state index contributed by atoms with van der Waals surface area (Å²) in [6.07, 6.45) is 1.38. The molecule has 1 atom stereocenters. The molecule has 1 aromatic heterocycles. The molecule has 3 rings (SSSR count). The van der Waals surface area contributed by atoms with Crippen molar-refractivity contribution < 1.29 is 14.3 Å².